The van der Waals surface area contributed by atoms with E-state index >= 15 is 0 Å². The number of hydrogen-bond acceptors (Lipinski definition) is 4. The van der Waals surface area contributed by atoms with Gasteiger partial charge in [-0.2, -0.15) is 0 Å². The van der Waals surface area contributed by atoms with Crippen molar-refractivity contribution in [3.63, 3.8) is 0 Å². The summed E-state index contributed by atoms with van der Waals surface area (Å²) in [5.41, 5.74) is 0.558. The molecule has 1 heterocycles. The molecule has 0 spiro atoms. The predicted octanol–water partition coefficient (Wildman–Crippen LogP) is 2.81. The Morgan fingerprint density at radius 2 is 2.16 bits per heavy atom. The quantitative estimate of drug-likeness (QED) is 0.908. The van der Waals surface area contributed by atoms with E-state index in [9.17, 15) is 0 Å². The standard InChI is InChI=1S/C15H24N2O2/c1-10(2)13-5-4-11(3)6-14(13)19-15-8-16-7-12(9-18)17-15/h7-8,10-11,13-14,18H,4-6,9H2,1-3H3. The molecule has 1 fully saturated rings. The normalized spacial score (nSPS) is 27.5. The zero-order chi connectivity index (χ0) is 13.8. The molecule has 1 aliphatic carbocycles. The first-order valence-electron chi connectivity index (χ1n) is 7.18. The molecule has 0 bridgehead atoms. The van der Waals surface area contributed by atoms with E-state index in [4.69, 9.17) is 9.84 Å². The lowest BCUT2D eigenvalue weighted by Gasteiger charge is -2.36. The zero-order valence-electron chi connectivity index (χ0n) is 12.0. The van der Waals surface area contributed by atoms with Crippen LogP contribution < -0.4 is 4.74 Å². The van der Waals surface area contributed by atoms with Crippen molar-refractivity contribution in [1.82, 2.24) is 9.97 Å². The summed E-state index contributed by atoms with van der Waals surface area (Å²) in [6.07, 6.45) is 6.99. The summed E-state index contributed by atoms with van der Waals surface area (Å²) < 4.78 is 6.06. The van der Waals surface area contributed by atoms with E-state index in [0.29, 0.717) is 29.3 Å². The Morgan fingerprint density at radius 3 is 2.84 bits per heavy atom. The molecular weight excluding hydrogens is 240 g/mol. The Balaban J connectivity index is 2.09. The molecule has 0 radical (unpaired) electrons. The molecule has 1 aromatic heterocycles. The third-order valence-corrected chi connectivity index (χ3v) is 4.06. The molecule has 0 amide bonds. The molecule has 2 rings (SSSR count). The van der Waals surface area contributed by atoms with Gasteiger partial charge in [-0.1, -0.05) is 27.2 Å². The first-order valence-corrected chi connectivity index (χ1v) is 7.18. The molecule has 19 heavy (non-hydrogen) atoms. The van der Waals surface area contributed by atoms with Crippen LogP contribution in [0.2, 0.25) is 0 Å². The Morgan fingerprint density at radius 1 is 1.37 bits per heavy atom. The van der Waals surface area contributed by atoms with Crippen molar-refractivity contribution in [3.8, 4) is 5.88 Å². The number of rotatable bonds is 4. The number of aliphatic hydroxyl groups is 1. The maximum absolute atomic E-state index is 9.09. The molecule has 0 saturated heterocycles. The summed E-state index contributed by atoms with van der Waals surface area (Å²) in [6.45, 7) is 6.70. The highest BCUT2D eigenvalue weighted by molar-refractivity contribution is 5.08. The van der Waals surface area contributed by atoms with E-state index < -0.39 is 0 Å². The van der Waals surface area contributed by atoms with Crippen LogP contribution in [0.25, 0.3) is 0 Å². The van der Waals surface area contributed by atoms with Gasteiger partial charge in [-0.3, -0.25) is 4.98 Å². The van der Waals surface area contributed by atoms with Gasteiger partial charge in [-0.15, -0.1) is 0 Å². The van der Waals surface area contributed by atoms with Crippen LogP contribution in [0.15, 0.2) is 12.4 Å². The van der Waals surface area contributed by atoms with Gasteiger partial charge in [0.05, 0.1) is 24.7 Å². The smallest absolute Gasteiger partial charge is 0.232 e. The summed E-state index contributed by atoms with van der Waals surface area (Å²) in [5, 5.41) is 9.09. The maximum atomic E-state index is 9.09. The van der Waals surface area contributed by atoms with Gasteiger partial charge in [0, 0.05) is 0 Å². The van der Waals surface area contributed by atoms with Crippen molar-refractivity contribution in [1.29, 1.82) is 0 Å². The topological polar surface area (TPSA) is 55.2 Å². The Labute approximate surface area is 115 Å². The fraction of sp³-hybridized carbons (Fsp3) is 0.733. The lowest BCUT2D eigenvalue weighted by atomic mass is 9.75. The van der Waals surface area contributed by atoms with E-state index in [1.807, 2.05) is 0 Å². The Bertz CT molecular complexity index is 409. The zero-order valence-corrected chi connectivity index (χ0v) is 12.0. The number of nitrogens with zero attached hydrogens (tertiary/aromatic N) is 2. The van der Waals surface area contributed by atoms with E-state index in [-0.39, 0.29) is 12.7 Å². The van der Waals surface area contributed by atoms with Crippen LogP contribution in [0.1, 0.15) is 45.7 Å². The van der Waals surface area contributed by atoms with Gasteiger partial charge in [-0.05, 0) is 30.6 Å². The van der Waals surface area contributed by atoms with Gasteiger partial charge in [0.25, 0.3) is 0 Å². The van der Waals surface area contributed by atoms with E-state index in [1.54, 1.807) is 12.4 Å². The van der Waals surface area contributed by atoms with Crippen LogP contribution in [-0.4, -0.2) is 21.2 Å². The molecule has 106 valence electrons. The minimum absolute atomic E-state index is 0.0983. The molecule has 1 saturated carbocycles. The van der Waals surface area contributed by atoms with Crippen molar-refractivity contribution in [3.05, 3.63) is 18.1 Å². The van der Waals surface area contributed by atoms with E-state index in [0.717, 1.165) is 6.42 Å². The van der Waals surface area contributed by atoms with Crippen LogP contribution in [0, 0.1) is 17.8 Å². The number of ether oxygens (including phenoxy) is 1. The van der Waals surface area contributed by atoms with Gasteiger partial charge < -0.3 is 9.84 Å². The van der Waals surface area contributed by atoms with Gasteiger partial charge in [-0.25, -0.2) is 4.98 Å². The molecular formula is C15H24N2O2. The third-order valence-electron chi connectivity index (χ3n) is 4.06. The summed E-state index contributed by atoms with van der Waals surface area (Å²) in [4.78, 5) is 8.33. The van der Waals surface area contributed by atoms with Gasteiger partial charge in [0.2, 0.25) is 5.88 Å². The second kappa shape index (κ2) is 6.33. The SMILES string of the molecule is CC1CCC(C(C)C)C(Oc2cncc(CO)n2)C1. The minimum atomic E-state index is -0.0983. The Hall–Kier alpha value is -1.16. The second-order valence-corrected chi connectivity index (χ2v) is 5.99. The average molecular weight is 264 g/mol. The monoisotopic (exact) mass is 264 g/mol. The van der Waals surface area contributed by atoms with Gasteiger partial charge in [0.15, 0.2) is 0 Å². The molecule has 1 aromatic rings. The van der Waals surface area contributed by atoms with Crippen molar-refractivity contribution >= 4 is 0 Å². The number of aliphatic hydroxyl groups excluding tert-OH is 1. The predicted molar refractivity (Wildman–Crippen MR) is 73.7 cm³/mol. The fourth-order valence-electron chi connectivity index (χ4n) is 2.92. The van der Waals surface area contributed by atoms with Crippen LogP contribution in [0.3, 0.4) is 0 Å². The highest BCUT2D eigenvalue weighted by Crippen LogP contribution is 2.35. The summed E-state index contributed by atoms with van der Waals surface area (Å²) in [6, 6.07) is 0. The number of hydrogen-bond donors (Lipinski definition) is 1. The minimum Gasteiger partial charge on any atom is -0.473 e. The lowest BCUT2D eigenvalue weighted by molar-refractivity contribution is 0.0419. The number of aromatic nitrogens is 2. The average Bonchev–Trinajstić information content (AvgIpc) is 2.38. The highest BCUT2D eigenvalue weighted by atomic mass is 16.5. The van der Waals surface area contributed by atoms with Crippen molar-refractivity contribution in [2.75, 3.05) is 0 Å². The van der Waals surface area contributed by atoms with Crippen LogP contribution in [0.4, 0.5) is 0 Å². The van der Waals surface area contributed by atoms with Crippen molar-refractivity contribution in [2.45, 2.75) is 52.7 Å². The molecule has 3 atom stereocenters. The molecule has 0 aliphatic heterocycles. The maximum Gasteiger partial charge on any atom is 0.232 e. The summed E-state index contributed by atoms with van der Waals surface area (Å²) in [7, 11) is 0. The van der Waals surface area contributed by atoms with Crippen molar-refractivity contribution in [2.24, 2.45) is 17.8 Å². The van der Waals surface area contributed by atoms with Gasteiger partial charge in [0.1, 0.15) is 6.10 Å². The molecule has 0 aromatic carbocycles. The molecule has 1 N–H and O–H groups in total. The van der Waals surface area contributed by atoms with Crippen molar-refractivity contribution < 1.29 is 9.84 Å². The first-order chi connectivity index (χ1) is 9.10. The summed E-state index contributed by atoms with van der Waals surface area (Å²) >= 11 is 0. The Kier molecular flexibility index (Phi) is 4.75. The fourth-order valence-corrected chi connectivity index (χ4v) is 2.92. The third kappa shape index (κ3) is 3.66. The van der Waals surface area contributed by atoms with Gasteiger partial charge >= 0.3 is 0 Å². The molecule has 4 nitrogen and oxygen atoms in total. The second-order valence-electron chi connectivity index (χ2n) is 5.99. The first kappa shape index (κ1) is 14.3. The van der Waals surface area contributed by atoms with Crippen LogP contribution in [0.5, 0.6) is 5.88 Å². The molecule has 4 heteroatoms. The largest absolute Gasteiger partial charge is 0.473 e. The summed E-state index contributed by atoms with van der Waals surface area (Å²) in [5.74, 6) is 2.44. The van der Waals surface area contributed by atoms with Crippen LogP contribution >= 0.6 is 0 Å². The van der Waals surface area contributed by atoms with E-state index in [2.05, 4.69) is 30.7 Å². The lowest BCUT2D eigenvalue weighted by Crippen LogP contribution is -2.36. The van der Waals surface area contributed by atoms with Crippen LogP contribution in [-0.2, 0) is 6.61 Å². The molecule has 1 aliphatic rings. The highest BCUT2D eigenvalue weighted by Gasteiger charge is 2.32. The molecule has 3 unspecified atom stereocenters. The van der Waals surface area contributed by atoms with E-state index in [1.165, 1.54) is 12.8 Å².